The van der Waals surface area contributed by atoms with E-state index < -0.39 is 0 Å². The Morgan fingerprint density at radius 2 is 2.22 bits per heavy atom. The molecule has 1 saturated heterocycles. The van der Waals surface area contributed by atoms with Crippen LogP contribution < -0.4 is 0 Å². The van der Waals surface area contributed by atoms with Gasteiger partial charge in [0.05, 0.1) is 10.6 Å². The van der Waals surface area contributed by atoms with Crippen LogP contribution in [0.3, 0.4) is 0 Å². The van der Waals surface area contributed by atoms with Crippen molar-refractivity contribution in [1.82, 2.24) is 4.90 Å². The zero-order chi connectivity index (χ0) is 13.1. The second-order valence-electron chi connectivity index (χ2n) is 4.51. The third kappa shape index (κ3) is 3.19. The van der Waals surface area contributed by atoms with Crippen molar-refractivity contribution in [2.45, 2.75) is 12.8 Å². The Kier molecular flexibility index (Phi) is 4.93. The summed E-state index contributed by atoms with van der Waals surface area (Å²) >= 11 is 15.3. The van der Waals surface area contributed by atoms with E-state index in [0.29, 0.717) is 21.5 Å². The van der Waals surface area contributed by atoms with Crippen LogP contribution in [0, 0.1) is 5.92 Å². The molecule has 1 aromatic rings. The summed E-state index contributed by atoms with van der Waals surface area (Å²) in [5, 5.41) is 1.97. The molecule has 0 bridgehead atoms. The molecule has 0 aliphatic carbocycles. The van der Waals surface area contributed by atoms with E-state index in [1.807, 2.05) is 4.90 Å². The SMILES string of the molecule is O=C(c1ccc(Cl)cc1Cl)N1CCC(CCBr)C1. The second-order valence-corrected chi connectivity index (χ2v) is 6.14. The summed E-state index contributed by atoms with van der Waals surface area (Å²) < 4.78 is 0. The van der Waals surface area contributed by atoms with E-state index in [-0.39, 0.29) is 5.91 Å². The summed E-state index contributed by atoms with van der Waals surface area (Å²) in [5.41, 5.74) is 0.542. The lowest BCUT2D eigenvalue weighted by atomic mass is 10.1. The molecular formula is C13H14BrCl2NO. The van der Waals surface area contributed by atoms with E-state index in [9.17, 15) is 4.79 Å². The average Bonchev–Trinajstić information content (AvgIpc) is 2.77. The smallest absolute Gasteiger partial charge is 0.255 e. The van der Waals surface area contributed by atoms with Crippen LogP contribution in [0.15, 0.2) is 18.2 Å². The lowest BCUT2D eigenvalue weighted by molar-refractivity contribution is 0.0787. The maximum Gasteiger partial charge on any atom is 0.255 e. The highest BCUT2D eigenvalue weighted by molar-refractivity contribution is 9.09. The minimum absolute atomic E-state index is 0.00809. The summed E-state index contributed by atoms with van der Waals surface area (Å²) in [6.45, 7) is 1.64. The molecule has 1 aliphatic heterocycles. The first-order chi connectivity index (χ1) is 8.61. The van der Waals surface area contributed by atoms with Crippen LogP contribution in [-0.2, 0) is 0 Å². The Labute approximate surface area is 125 Å². The fourth-order valence-corrected chi connectivity index (χ4v) is 3.38. The maximum atomic E-state index is 12.3. The second kappa shape index (κ2) is 6.27. The van der Waals surface area contributed by atoms with Gasteiger partial charge in [0.2, 0.25) is 0 Å². The van der Waals surface area contributed by atoms with E-state index in [4.69, 9.17) is 23.2 Å². The van der Waals surface area contributed by atoms with Gasteiger partial charge in [0.15, 0.2) is 0 Å². The highest BCUT2D eigenvalue weighted by Crippen LogP contribution is 2.26. The van der Waals surface area contributed by atoms with E-state index in [1.54, 1.807) is 18.2 Å². The molecule has 0 radical (unpaired) electrons. The maximum absolute atomic E-state index is 12.3. The number of rotatable bonds is 3. The van der Waals surface area contributed by atoms with E-state index in [0.717, 1.165) is 31.3 Å². The normalized spacial score (nSPS) is 19.3. The molecule has 0 spiro atoms. The van der Waals surface area contributed by atoms with Crippen LogP contribution in [0.4, 0.5) is 0 Å². The van der Waals surface area contributed by atoms with Gasteiger partial charge in [-0.05, 0) is 37.0 Å². The predicted molar refractivity (Wildman–Crippen MR) is 78.9 cm³/mol. The number of likely N-dealkylation sites (tertiary alicyclic amines) is 1. The molecule has 1 unspecified atom stereocenters. The number of nitrogens with zero attached hydrogens (tertiary/aromatic N) is 1. The monoisotopic (exact) mass is 349 g/mol. The third-order valence-electron chi connectivity index (χ3n) is 3.25. The summed E-state index contributed by atoms with van der Waals surface area (Å²) in [7, 11) is 0. The third-order valence-corrected chi connectivity index (χ3v) is 4.26. The van der Waals surface area contributed by atoms with Crippen molar-refractivity contribution in [3.63, 3.8) is 0 Å². The topological polar surface area (TPSA) is 20.3 Å². The number of carbonyl (C=O) groups excluding carboxylic acids is 1. The Hall–Kier alpha value is -0.250. The van der Waals surface area contributed by atoms with Crippen LogP contribution in [-0.4, -0.2) is 29.2 Å². The van der Waals surface area contributed by atoms with Gasteiger partial charge >= 0.3 is 0 Å². The number of amides is 1. The molecule has 1 fully saturated rings. The molecule has 0 aromatic heterocycles. The fourth-order valence-electron chi connectivity index (χ4n) is 2.24. The lowest BCUT2D eigenvalue weighted by Gasteiger charge is -2.17. The van der Waals surface area contributed by atoms with Gasteiger partial charge in [-0.15, -0.1) is 0 Å². The quantitative estimate of drug-likeness (QED) is 0.746. The van der Waals surface area contributed by atoms with E-state index in [1.165, 1.54) is 0 Å². The zero-order valence-corrected chi connectivity index (χ0v) is 12.9. The minimum Gasteiger partial charge on any atom is -0.338 e. The largest absolute Gasteiger partial charge is 0.338 e. The number of hydrogen-bond acceptors (Lipinski definition) is 1. The Bertz CT molecular complexity index is 453. The Morgan fingerprint density at radius 1 is 1.44 bits per heavy atom. The molecule has 18 heavy (non-hydrogen) atoms. The van der Waals surface area contributed by atoms with E-state index >= 15 is 0 Å². The van der Waals surface area contributed by atoms with E-state index in [2.05, 4.69) is 15.9 Å². The van der Waals surface area contributed by atoms with Gasteiger partial charge in [-0.1, -0.05) is 39.1 Å². The Balaban J connectivity index is 2.08. The number of carbonyl (C=O) groups is 1. The Morgan fingerprint density at radius 3 is 2.89 bits per heavy atom. The van der Waals surface area contributed by atoms with Crippen LogP contribution in [0.5, 0.6) is 0 Å². The highest BCUT2D eigenvalue weighted by atomic mass is 79.9. The molecular weight excluding hydrogens is 337 g/mol. The van der Waals surface area contributed by atoms with Gasteiger partial charge < -0.3 is 4.90 Å². The molecule has 1 atom stereocenters. The van der Waals surface area contributed by atoms with Crippen molar-refractivity contribution in [2.75, 3.05) is 18.4 Å². The van der Waals surface area contributed by atoms with Crippen LogP contribution in [0.25, 0.3) is 0 Å². The van der Waals surface area contributed by atoms with Gasteiger partial charge in [-0.25, -0.2) is 0 Å². The lowest BCUT2D eigenvalue weighted by Crippen LogP contribution is -2.29. The number of alkyl halides is 1. The summed E-state index contributed by atoms with van der Waals surface area (Å²) in [6.07, 6.45) is 2.18. The first-order valence-electron chi connectivity index (χ1n) is 5.92. The van der Waals surface area contributed by atoms with Crippen molar-refractivity contribution in [3.05, 3.63) is 33.8 Å². The van der Waals surface area contributed by atoms with Crippen LogP contribution >= 0.6 is 39.1 Å². The van der Waals surface area contributed by atoms with Gasteiger partial charge in [-0.2, -0.15) is 0 Å². The molecule has 2 rings (SSSR count). The predicted octanol–water partition coefficient (Wildman–Crippen LogP) is 4.24. The standard InChI is InChI=1S/C13H14BrCl2NO/c14-5-3-9-4-6-17(8-9)13(18)11-2-1-10(15)7-12(11)16/h1-2,7,9H,3-6,8H2. The molecule has 98 valence electrons. The first-order valence-corrected chi connectivity index (χ1v) is 7.80. The average molecular weight is 351 g/mol. The van der Waals surface area contributed by atoms with Crippen molar-refractivity contribution in [1.29, 1.82) is 0 Å². The molecule has 5 heteroatoms. The molecule has 1 heterocycles. The molecule has 2 nitrogen and oxygen atoms in total. The molecule has 1 amide bonds. The van der Waals surface area contributed by atoms with Crippen molar-refractivity contribution in [3.8, 4) is 0 Å². The highest BCUT2D eigenvalue weighted by Gasteiger charge is 2.27. The van der Waals surface area contributed by atoms with Gasteiger partial charge in [0.25, 0.3) is 5.91 Å². The summed E-state index contributed by atoms with van der Waals surface area (Å²) in [5.74, 6) is 0.605. The number of benzene rings is 1. The van der Waals surface area contributed by atoms with Crippen LogP contribution in [0.1, 0.15) is 23.2 Å². The van der Waals surface area contributed by atoms with Gasteiger partial charge in [0, 0.05) is 23.4 Å². The first kappa shape index (κ1) is 14.2. The number of hydrogen-bond donors (Lipinski definition) is 0. The van der Waals surface area contributed by atoms with Crippen molar-refractivity contribution >= 4 is 45.0 Å². The van der Waals surface area contributed by atoms with Crippen molar-refractivity contribution < 1.29 is 4.79 Å². The molecule has 1 aromatic carbocycles. The zero-order valence-electron chi connectivity index (χ0n) is 9.83. The molecule has 1 aliphatic rings. The number of halogens is 3. The van der Waals surface area contributed by atoms with Crippen molar-refractivity contribution in [2.24, 2.45) is 5.92 Å². The minimum atomic E-state index is 0.00809. The molecule has 0 N–H and O–H groups in total. The van der Waals surface area contributed by atoms with Gasteiger partial charge in [-0.3, -0.25) is 4.79 Å². The fraction of sp³-hybridized carbons (Fsp3) is 0.462. The van der Waals surface area contributed by atoms with Gasteiger partial charge in [0.1, 0.15) is 0 Å². The summed E-state index contributed by atoms with van der Waals surface area (Å²) in [6, 6.07) is 5.01. The van der Waals surface area contributed by atoms with Crippen LogP contribution in [0.2, 0.25) is 10.0 Å². The summed E-state index contributed by atoms with van der Waals surface area (Å²) in [4.78, 5) is 14.2. The molecule has 0 saturated carbocycles.